The first kappa shape index (κ1) is 16.3. The van der Waals surface area contributed by atoms with Crippen molar-refractivity contribution in [3.8, 4) is 0 Å². The molecule has 0 radical (unpaired) electrons. The molecular weight excluding hydrogens is 309 g/mol. The van der Waals surface area contributed by atoms with Gasteiger partial charge >= 0.3 is 0 Å². The van der Waals surface area contributed by atoms with Gasteiger partial charge in [-0.15, -0.1) is 0 Å². The van der Waals surface area contributed by atoms with Crippen molar-refractivity contribution in [3.63, 3.8) is 0 Å². The molecule has 0 bridgehead atoms. The lowest BCUT2D eigenvalue weighted by molar-refractivity contribution is -0.136. The molecule has 2 aromatic carbocycles. The molecule has 124 valence electrons. The van der Waals surface area contributed by atoms with Gasteiger partial charge in [0.2, 0.25) is 0 Å². The molecule has 1 amide bonds. The Morgan fingerprint density at radius 1 is 1.17 bits per heavy atom. The summed E-state index contributed by atoms with van der Waals surface area (Å²) < 4.78 is 13.0. The van der Waals surface area contributed by atoms with E-state index in [0.29, 0.717) is 11.3 Å². The van der Waals surface area contributed by atoms with Gasteiger partial charge in [-0.1, -0.05) is 18.2 Å². The molecule has 2 aromatic rings. The van der Waals surface area contributed by atoms with Crippen molar-refractivity contribution in [1.82, 2.24) is 0 Å². The molecule has 1 unspecified atom stereocenters. The van der Waals surface area contributed by atoms with E-state index in [1.54, 1.807) is 24.3 Å². The zero-order valence-corrected chi connectivity index (χ0v) is 13.5. The number of rotatable bonds is 4. The first-order valence-corrected chi connectivity index (χ1v) is 7.79. The van der Waals surface area contributed by atoms with E-state index in [9.17, 15) is 19.1 Å². The van der Waals surface area contributed by atoms with Crippen LogP contribution in [0.25, 0.3) is 0 Å². The maximum absolute atomic E-state index is 13.0. The molecule has 0 saturated carbocycles. The van der Waals surface area contributed by atoms with Crippen LogP contribution < -0.4 is 4.90 Å². The summed E-state index contributed by atoms with van der Waals surface area (Å²) in [7, 11) is 0. The number of halogens is 1. The molecule has 0 spiro atoms. The van der Waals surface area contributed by atoms with Gasteiger partial charge in [0.15, 0.2) is 11.4 Å². The second kappa shape index (κ2) is 5.83. The highest BCUT2D eigenvalue weighted by molar-refractivity contribution is 6.11. The molecule has 1 aliphatic rings. The topological polar surface area (TPSA) is 57.6 Å². The quantitative estimate of drug-likeness (QED) is 0.878. The van der Waals surface area contributed by atoms with Gasteiger partial charge in [0.25, 0.3) is 5.91 Å². The maximum atomic E-state index is 13.0. The van der Waals surface area contributed by atoms with Crippen molar-refractivity contribution in [2.24, 2.45) is 0 Å². The molecule has 3 rings (SSSR count). The Morgan fingerprint density at radius 3 is 2.42 bits per heavy atom. The number of carbonyl (C=O) groups is 2. The SMILES string of the molecule is CC(C)N1C(=O)C(O)(CC(=O)c2ccc(F)cc2)c2ccccc21. The van der Waals surface area contributed by atoms with E-state index >= 15 is 0 Å². The first-order chi connectivity index (χ1) is 11.3. The highest BCUT2D eigenvalue weighted by atomic mass is 19.1. The number of hydrogen-bond acceptors (Lipinski definition) is 3. The molecule has 1 N–H and O–H groups in total. The van der Waals surface area contributed by atoms with Gasteiger partial charge in [0.05, 0.1) is 12.1 Å². The first-order valence-electron chi connectivity index (χ1n) is 7.79. The number of amides is 1. The van der Waals surface area contributed by atoms with E-state index in [1.165, 1.54) is 29.2 Å². The molecular formula is C19H18FNO3. The van der Waals surface area contributed by atoms with Crippen LogP contribution in [-0.2, 0) is 10.4 Å². The van der Waals surface area contributed by atoms with Crippen LogP contribution in [0.15, 0.2) is 48.5 Å². The molecule has 24 heavy (non-hydrogen) atoms. The third kappa shape index (κ3) is 2.51. The summed E-state index contributed by atoms with van der Waals surface area (Å²) in [5.74, 6) is -1.36. The van der Waals surface area contributed by atoms with E-state index in [2.05, 4.69) is 0 Å². The summed E-state index contributed by atoms with van der Waals surface area (Å²) in [6.45, 7) is 3.70. The monoisotopic (exact) mass is 327 g/mol. The number of Topliss-reactive ketones (excluding diaryl/α,β-unsaturated/α-hetero) is 1. The van der Waals surface area contributed by atoms with Crippen molar-refractivity contribution in [2.45, 2.75) is 31.9 Å². The molecule has 4 nitrogen and oxygen atoms in total. The fourth-order valence-corrected chi connectivity index (χ4v) is 3.11. The van der Waals surface area contributed by atoms with Crippen LogP contribution in [0.3, 0.4) is 0 Å². The number of hydrogen-bond donors (Lipinski definition) is 1. The number of benzene rings is 2. The summed E-state index contributed by atoms with van der Waals surface area (Å²) in [5.41, 5.74) is -0.587. The van der Waals surface area contributed by atoms with E-state index in [4.69, 9.17) is 0 Å². The minimum Gasteiger partial charge on any atom is -0.375 e. The van der Waals surface area contributed by atoms with Gasteiger partial charge in [-0.25, -0.2) is 4.39 Å². The van der Waals surface area contributed by atoms with Crippen molar-refractivity contribution < 1.29 is 19.1 Å². The fourth-order valence-electron chi connectivity index (χ4n) is 3.11. The number of fused-ring (bicyclic) bond motifs is 1. The van der Waals surface area contributed by atoms with Crippen molar-refractivity contribution in [3.05, 3.63) is 65.5 Å². The second-order valence-electron chi connectivity index (χ2n) is 6.25. The van der Waals surface area contributed by atoms with Gasteiger partial charge in [0.1, 0.15) is 5.82 Å². The van der Waals surface area contributed by atoms with Crippen molar-refractivity contribution in [2.75, 3.05) is 4.90 Å². The van der Waals surface area contributed by atoms with Gasteiger partial charge in [-0.2, -0.15) is 0 Å². The second-order valence-corrected chi connectivity index (χ2v) is 6.25. The largest absolute Gasteiger partial charge is 0.375 e. The van der Waals surface area contributed by atoms with Crippen LogP contribution in [0.1, 0.15) is 36.2 Å². The Hall–Kier alpha value is -2.53. The minimum absolute atomic E-state index is 0.145. The predicted molar refractivity (Wildman–Crippen MR) is 88.3 cm³/mol. The Bertz CT molecular complexity index is 801. The lowest BCUT2D eigenvalue weighted by Gasteiger charge is -2.25. The summed E-state index contributed by atoms with van der Waals surface area (Å²) in [5, 5.41) is 11.0. The molecule has 5 heteroatoms. The van der Waals surface area contributed by atoms with Crippen LogP contribution in [-0.4, -0.2) is 22.8 Å². The minimum atomic E-state index is -1.90. The molecule has 0 aromatic heterocycles. The lowest BCUT2D eigenvalue weighted by atomic mass is 9.88. The van der Waals surface area contributed by atoms with Crippen LogP contribution in [0.4, 0.5) is 10.1 Å². The number of anilines is 1. The third-order valence-corrected chi connectivity index (χ3v) is 4.28. The van der Waals surface area contributed by atoms with Crippen LogP contribution in [0.2, 0.25) is 0 Å². The van der Waals surface area contributed by atoms with Crippen molar-refractivity contribution >= 4 is 17.4 Å². The average molecular weight is 327 g/mol. The Morgan fingerprint density at radius 2 is 1.79 bits per heavy atom. The molecule has 0 aliphatic carbocycles. The summed E-state index contributed by atoms with van der Waals surface area (Å²) >= 11 is 0. The normalized spacial score (nSPS) is 19.7. The Balaban J connectivity index is 1.98. The summed E-state index contributed by atoms with van der Waals surface area (Å²) in [6.07, 6.45) is -0.377. The van der Waals surface area contributed by atoms with E-state index in [0.717, 1.165) is 0 Å². The third-order valence-electron chi connectivity index (χ3n) is 4.28. The van der Waals surface area contributed by atoms with Gasteiger partial charge in [0, 0.05) is 17.2 Å². The number of nitrogens with zero attached hydrogens (tertiary/aromatic N) is 1. The Labute approximate surface area is 139 Å². The van der Waals surface area contributed by atoms with Crippen LogP contribution >= 0.6 is 0 Å². The average Bonchev–Trinajstić information content (AvgIpc) is 2.76. The Kier molecular flexibility index (Phi) is 3.97. The zero-order chi connectivity index (χ0) is 17.5. The number of carbonyl (C=O) groups excluding carboxylic acids is 2. The van der Waals surface area contributed by atoms with Crippen molar-refractivity contribution in [1.29, 1.82) is 0 Å². The summed E-state index contributed by atoms with van der Waals surface area (Å²) in [4.78, 5) is 26.8. The highest BCUT2D eigenvalue weighted by Gasteiger charge is 2.51. The standard InChI is InChI=1S/C19H18FNO3/c1-12(2)21-16-6-4-3-5-15(16)19(24,18(21)23)11-17(22)13-7-9-14(20)10-8-13/h3-10,12,24H,11H2,1-2H3. The number of ketones is 1. The number of aliphatic hydroxyl groups is 1. The lowest BCUT2D eigenvalue weighted by Crippen LogP contribution is -2.44. The smallest absolute Gasteiger partial charge is 0.264 e. The van der Waals surface area contributed by atoms with E-state index in [1.807, 2.05) is 13.8 Å². The highest BCUT2D eigenvalue weighted by Crippen LogP contribution is 2.43. The van der Waals surface area contributed by atoms with E-state index < -0.39 is 23.1 Å². The van der Waals surface area contributed by atoms with Crippen LogP contribution in [0, 0.1) is 5.82 Å². The molecule has 0 fully saturated rings. The van der Waals surface area contributed by atoms with Crippen LogP contribution in [0.5, 0.6) is 0 Å². The molecule has 0 saturated heterocycles. The van der Waals surface area contributed by atoms with E-state index in [-0.39, 0.29) is 18.0 Å². The molecule has 1 atom stereocenters. The van der Waals surface area contributed by atoms with Gasteiger partial charge in [-0.3, -0.25) is 9.59 Å². The molecule has 1 aliphatic heterocycles. The zero-order valence-electron chi connectivity index (χ0n) is 13.5. The van der Waals surface area contributed by atoms with Gasteiger partial charge < -0.3 is 10.0 Å². The predicted octanol–water partition coefficient (Wildman–Crippen LogP) is 3.04. The number of para-hydroxylation sites is 1. The fraction of sp³-hybridized carbons (Fsp3) is 0.263. The van der Waals surface area contributed by atoms with Gasteiger partial charge in [-0.05, 0) is 44.2 Å². The maximum Gasteiger partial charge on any atom is 0.264 e. The molecule has 1 heterocycles. The summed E-state index contributed by atoms with van der Waals surface area (Å²) in [6, 6.07) is 11.9.